The SMILES string of the molecule is CO[C@H]1C=CO[C@@]2(C)Oc3c(C)c(OC(=O)c4ccc(Cl)cc4Cl)c4c(c3C2=O)C(=O)C(N2CCCCC2)=C(NC(=O)C(C)=CC=C[C@H](C)[C@H](O)[C@@H](C)[C@H](O)[C@H](C)[C@H](OC(C)=O)[C@@H]1C)C4=O. The molecule has 2 aromatic carbocycles. The highest BCUT2D eigenvalue weighted by Crippen LogP contribution is 2.50. The molecule has 0 radical (unpaired) electrons. The number of carbonyl (C=O) groups is 6. The lowest BCUT2D eigenvalue weighted by Crippen LogP contribution is -2.46. The summed E-state index contributed by atoms with van der Waals surface area (Å²) in [5.74, 6) is -10.4. The minimum Gasteiger partial charge on any atom is -0.462 e. The Morgan fingerprint density at radius 2 is 1.58 bits per heavy atom. The number of esters is 2. The Labute approximate surface area is 393 Å². The largest absolute Gasteiger partial charge is 0.462 e. The molecule has 4 heterocycles. The van der Waals surface area contributed by atoms with Crippen LogP contribution in [0.2, 0.25) is 10.0 Å². The first-order valence-electron chi connectivity index (χ1n) is 21.9. The number of carbonyl (C=O) groups excluding carboxylic acids is 6. The predicted octanol–water partition coefficient (Wildman–Crippen LogP) is 7.26. The summed E-state index contributed by atoms with van der Waals surface area (Å²) in [6.45, 7) is 13.1. The average Bonchev–Trinajstić information content (AvgIpc) is 3.54. The molecule has 1 amide bonds. The molecule has 0 unspecified atom stereocenters. The number of allylic oxidation sites excluding steroid dienone is 4. The van der Waals surface area contributed by atoms with Crippen LogP contribution in [0.3, 0.4) is 0 Å². The van der Waals surface area contributed by atoms with E-state index in [1.165, 1.54) is 71.4 Å². The van der Waals surface area contributed by atoms with Gasteiger partial charge >= 0.3 is 17.7 Å². The van der Waals surface area contributed by atoms with Crippen molar-refractivity contribution >= 4 is 58.4 Å². The maximum atomic E-state index is 15.3. The van der Waals surface area contributed by atoms with Crippen molar-refractivity contribution in [3.8, 4) is 11.5 Å². The van der Waals surface area contributed by atoms with E-state index in [4.69, 9.17) is 46.9 Å². The van der Waals surface area contributed by atoms with Crippen LogP contribution in [0.5, 0.6) is 11.5 Å². The number of fused-ring (bicyclic) bond motifs is 14. The number of piperidine rings is 1. The molecule has 4 aliphatic heterocycles. The number of nitrogens with one attached hydrogen (secondary N) is 1. The van der Waals surface area contributed by atoms with Gasteiger partial charge in [-0.15, -0.1) is 0 Å². The predicted molar refractivity (Wildman–Crippen MR) is 243 cm³/mol. The zero-order valence-electron chi connectivity index (χ0n) is 38.4. The number of methoxy groups -OCH3 is 1. The second-order valence-electron chi connectivity index (χ2n) is 17.6. The zero-order valence-corrected chi connectivity index (χ0v) is 39.9. The molecule has 1 saturated heterocycles. The molecule has 1 aliphatic carbocycles. The zero-order chi connectivity index (χ0) is 48.5. The molecule has 3 N–H and O–H groups in total. The van der Waals surface area contributed by atoms with Crippen LogP contribution in [-0.2, 0) is 23.8 Å². The summed E-state index contributed by atoms with van der Waals surface area (Å²) in [7, 11) is 1.42. The summed E-state index contributed by atoms with van der Waals surface area (Å²) in [4.78, 5) is 87.4. The Kier molecular flexibility index (Phi) is 15.4. The quantitative estimate of drug-likeness (QED) is 0.199. The van der Waals surface area contributed by atoms with E-state index in [0.717, 1.165) is 6.42 Å². The van der Waals surface area contributed by atoms with Gasteiger partial charge in [0.25, 0.3) is 11.7 Å². The van der Waals surface area contributed by atoms with Crippen molar-refractivity contribution in [3.05, 3.63) is 104 Å². The standard InChI is InChI=1S/C49H56Cl2N2O13/c1-23-14-13-15-24(2)47(60)52-37-38(53-19-11-10-12-20-53)42(58)34-35(41(37)57)44(65-48(61)31-17-16-30(50)22-32(31)51)28(6)45-36(34)46(59)49(8,66-45)63-21-18-33(62-9)25(3)43(64-29(7)54)27(5)40(56)26(4)39(23)55/h13-18,21-23,25-27,33,39-40,43,55-56H,10-12,19-20H2,1-9H3,(H,52,60)/t23-,25+,26+,27-,33-,39-,40-,43+,49-/m0/s1. The van der Waals surface area contributed by atoms with Crippen molar-refractivity contribution in [3.63, 3.8) is 0 Å². The van der Waals surface area contributed by atoms with Crippen LogP contribution in [-0.4, -0.2) is 101 Å². The number of aliphatic hydroxyl groups excluding tert-OH is 2. The fourth-order valence-corrected chi connectivity index (χ4v) is 9.50. The van der Waals surface area contributed by atoms with E-state index < -0.39 is 106 Å². The summed E-state index contributed by atoms with van der Waals surface area (Å²) in [5.41, 5.74) is -1.72. The Morgan fingerprint density at radius 1 is 0.894 bits per heavy atom. The number of nitrogens with zero attached hydrogens (tertiary/aromatic N) is 1. The minimum absolute atomic E-state index is 0.0162. The molecule has 354 valence electrons. The third-order valence-electron chi connectivity index (χ3n) is 12.9. The van der Waals surface area contributed by atoms with Crippen LogP contribution >= 0.6 is 23.2 Å². The number of likely N-dealkylation sites (tertiary alicyclic amines) is 1. The molecule has 5 aliphatic rings. The average molecular weight is 952 g/mol. The van der Waals surface area contributed by atoms with Crippen molar-refractivity contribution in [2.24, 2.45) is 23.7 Å². The van der Waals surface area contributed by atoms with Crippen LogP contribution in [0.15, 0.2) is 65.7 Å². The molecule has 2 aromatic rings. The number of halogens is 2. The normalized spacial score (nSPS) is 28.7. The number of hydrogen-bond donors (Lipinski definition) is 3. The summed E-state index contributed by atoms with van der Waals surface area (Å²) in [6, 6.07) is 4.07. The fourth-order valence-electron chi connectivity index (χ4n) is 9.01. The highest BCUT2D eigenvalue weighted by Gasteiger charge is 2.53. The number of benzene rings is 2. The lowest BCUT2D eigenvalue weighted by molar-refractivity contribution is -0.160. The van der Waals surface area contributed by atoms with E-state index in [2.05, 4.69) is 5.32 Å². The first-order valence-corrected chi connectivity index (χ1v) is 22.7. The number of Topliss-reactive ketones (excluding diaryl/α,β-unsaturated/α-hetero) is 3. The van der Waals surface area contributed by atoms with E-state index in [1.54, 1.807) is 44.7 Å². The Morgan fingerprint density at radius 3 is 2.21 bits per heavy atom. The van der Waals surface area contributed by atoms with Crippen molar-refractivity contribution in [2.75, 3.05) is 20.2 Å². The summed E-state index contributed by atoms with van der Waals surface area (Å²) in [6.07, 6.45) is 5.45. The van der Waals surface area contributed by atoms with Gasteiger partial charge in [0.2, 0.25) is 11.6 Å². The second-order valence-corrected chi connectivity index (χ2v) is 18.4. The van der Waals surface area contributed by atoms with Crippen LogP contribution in [0.4, 0.5) is 0 Å². The molecule has 66 heavy (non-hydrogen) atoms. The van der Waals surface area contributed by atoms with Crippen LogP contribution in [0, 0.1) is 30.6 Å². The molecule has 1 fully saturated rings. The molecular weight excluding hydrogens is 895 g/mol. The lowest BCUT2D eigenvalue weighted by atomic mass is 9.78. The number of ketones is 3. The van der Waals surface area contributed by atoms with E-state index in [1.807, 2.05) is 0 Å². The Balaban J connectivity index is 1.56. The van der Waals surface area contributed by atoms with Crippen LogP contribution in [0.1, 0.15) is 115 Å². The van der Waals surface area contributed by atoms with Crippen LogP contribution in [0.25, 0.3) is 0 Å². The van der Waals surface area contributed by atoms with Crippen molar-refractivity contribution in [1.29, 1.82) is 0 Å². The van der Waals surface area contributed by atoms with Gasteiger partial charge in [-0.05, 0) is 57.4 Å². The molecule has 9 atom stereocenters. The van der Waals surface area contributed by atoms with E-state index >= 15 is 9.59 Å². The highest BCUT2D eigenvalue weighted by molar-refractivity contribution is 6.37. The minimum atomic E-state index is -2.17. The fraction of sp³-hybridized carbons (Fsp3) is 0.469. The van der Waals surface area contributed by atoms with Gasteiger partial charge in [0.1, 0.15) is 29.0 Å². The smallest absolute Gasteiger partial charge is 0.345 e. The molecule has 5 bridgehead atoms. The van der Waals surface area contributed by atoms with Gasteiger partial charge in [-0.2, -0.15) is 0 Å². The van der Waals surface area contributed by atoms with Crippen molar-refractivity contribution < 1.29 is 62.7 Å². The monoisotopic (exact) mass is 950 g/mol. The molecule has 15 nitrogen and oxygen atoms in total. The Hall–Kier alpha value is -5.32. The lowest BCUT2D eigenvalue weighted by Gasteiger charge is -2.38. The topological polar surface area (TPSA) is 204 Å². The summed E-state index contributed by atoms with van der Waals surface area (Å²) < 4.78 is 29.9. The van der Waals surface area contributed by atoms with Crippen LogP contribution < -0.4 is 14.8 Å². The summed E-state index contributed by atoms with van der Waals surface area (Å²) in [5, 5.41) is 25.9. The molecule has 17 heteroatoms. The van der Waals surface area contributed by atoms with Gasteiger partial charge < -0.3 is 44.1 Å². The Bertz CT molecular complexity index is 2450. The maximum absolute atomic E-state index is 15.3. The molecule has 0 aromatic heterocycles. The van der Waals surface area contributed by atoms with Crippen molar-refractivity contribution in [1.82, 2.24) is 10.2 Å². The number of aliphatic hydroxyl groups is 2. The first-order chi connectivity index (χ1) is 31.1. The van der Waals surface area contributed by atoms with Gasteiger partial charge in [-0.25, -0.2) is 4.79 Å². The second kappa shape index (κ2) is 20.3. The highest BCUT2D eigenvalue weighted by atomic mass is 35.5. The van der Waals surface area contributed by atoms with Gasteiger partial charge in [-0.3, -0.25) is 24.0 Å². The third kappa shape index (κ3) is 9.73. The van der Waals surface area contributed by atoms with Gasteiger partial charge in [0.15, 0.2) is 0 Å². The summed E-state index contributed by atoms with van der Waals surface area (Å²) >= 11 is 12.5. The van der Waals surface area contributed by atoms with Gasteiger partial charge in [0.05, 0.1) is 51.9 Å². The van der Waals surface area contributed by atoms with Gasteiger partial charge in [0, 0.05) is 73.9 Å². The molecular formula is C49H56Cl2N2O13. The molecule has 7 rings (SSSR count). The molecule has 0 spiro atoms. The van der Waals surface area contributed by atoms with Gasteiger partial charge in [-0.1, -0.05) is 69.1 Å². The van der Waals surface area contributed by atoms with E-state index in [-0.39, 0.29) is 49.5 Å². The third-order valence-corrected chi connectivity index (χ3v) is 13.5. The maximum Gasteiger partial charge on any atom is 0.345 e. The molecule has 0 saturated carbocycles. The first kappa shape index (κ1) is 50.1. The number of rotatable bonds is 5. The number of hydrogen-bond acceptors (Lipinski definition) is 14. The van der Waals surface area contributed by atoms with E-state index in [0.29, 0.717) is 25.9 Å². The number of amides is 1. The van der Waals surface area contributed by atoms with Crippen molar-refractivity contribution in [2.45, 2.75) is 105 Å². The van der Waals surface area contributed by atoms with E-state index in [9.17, 15) is 29.4 Å². The number of ether oxygens (including phenoxy) is 5.